The SMILES string of the molecule is CCCn1c(S[C@H](C)C(=O)N2CCCC2)nc2cc(Cl)ccc2c1=O. The molecule has 0 unspecified atom stereocenters. The monoisotopic (exact) mass is 379 g/mol. The van der Waals surface area contributed by atoms with Crippen LogP contribution < -0.4 is 5.56 Å². The van der Waals surface area contributed by atoms with Gasteiger partial charge in [-0.05, 0) is 44.4 Å². The Hall–Kier alpha value is -1.53. The van der Waals surface area contributed by atoms with Gasteiger partial charge in [0.1, 0.15) is 0 Å². The lowest BCUT2D eigenvalue weighted by atomic mass is 10.2. The number of thioether (sulfide) groups is 1. The third-order valence-corrected chi connectivity index (χ3v) is 5.69. The molecule has 0 spiro atoms. The molecule has 1 fully saturated rings. The highest BCUT2D eigenvalue weighted by atomic mass is 35.5. The molecule has 1 aliphatic rings. The fourth-order valence-corrected chi connectivity index (χ4v) is 4.27. The summed E-state index contributed by atoms with van der Waals surface area (Å²) in [6.45, 7) is 6.14. The molecule has 0 aliphatic carbocycles. The highest BCUT2D eigenvalue weighted by Crippen LogP contribution is 2.26. The third-order valence-electron chi connectivity index (χ3n) is 4.38. The molecule has 1 aromatic heterocycles. The minimum Gasteiger partial charge on any atom is -0.342 e. The largest absolute Gasteiger partial charge is 0.342 e. The number of aromatic nitrogens is 2. The van der Waals surface area contributed by atoms with E-state index in [0.29, 0.717) is 27.6 Å². The summed E-state index contributed by atoms with van der Waals surface area (Å²) in [5.74, 6) is 0.117. The summed E-state index contributed by atoms with van der Waals surface area (Å²) in [6.07, 6.45) is 2.95. The van der Waals surface area contributed by atoms with Crippen molar-refractivity contribution in [3.05, 3.63) is 33.6 Å². The predicted molar refractivity (Wildman–Crippen MR) is 102 cm³/mol. The molecule has 1 amide bonds. The Bertz CT molecular complexity index is 846. The summed E-state index contributed by atoms with van der Waals surface area (Å²) in [7, 11) is 0. The summed E-state index contributed by atoms with van der Waals surface area (Å²) in [6, 6.07) is 5.12. The van der Waals surface area contributed by atoms with Crippen molar-refractivity contribution in [2.45, 2.75) is 50.1 Å². The number of likely N-dealkylation sites (tertiary alicyclic amines) is 1. The molecule has 1 atom stereocenters. The Morgan fingerprint density at radius 1 is 1.36 bits per heavy atom. The van der Waals surface area contributed by atoms with E-state index in [9.17, 15) is 9.59 Å². The Morgan fingerprint density at radius 3 is 2.76 bits per heavy atom. The minimum atomic E-state index is -0.273. The van der Waals surface area contributed by atoms with Crippen molar-refractivity contribution in [1.29, 1.82) is 0 Å². The smallest absolute Gasteiger partial charge is 0.262 e. The second-order valence-electron chi connectivity index (χ2n) is 6.31. The van der Waals surface area contributed by atoms with Crippen LogP contribution in [-0.2, 0) is 11.3 Å². The van der Waals surface area contributed by atoms with E-state index < -0.39 is 0 Å². The first kappa shape index (κ1) is 18.3. The maximum absolute atomic E-state index is 12.8. The van der Waals surface area contributed by atoms with Crippen LogP contribution in [0.25, 0.3) is 10.9 Å². The molecule has 3 rings (SSSR count). The molecule has 0 N–H and O–H groups in total. The summed E-state index contributed by atoms with van der Waals surface area (Å²) >= 11 is 7.41. The van der Waals surface area contributed by atoms with E-state index >= 15 is 0 Å². The van der Waals surface area contributed by atoms with Gasteiger partial charge in [0, 0.05) is 24.7 Å². The number of carbonyl (C=O) groups excluding carboxylic acids is 1. The molecule has 134 valence electrons. The fraction of sp³-hybridized carbons (Fsp3) is 0.500. The van der Waals surface area contributed by atoms with E-state index in [2.05, 4.69) is 4.98 Å². The standard InChI is InChI=1S/C18H22ClN3O2S/c1-3-8-22-17(24)14-7-6-13(19)11-15(14)20-18(22)25-12(2)16(23)21-9-4-5-10-21/h6-7,11-12H,3-5,8-10H2,1-2H3/t12-/m1/s1. The van der Waals surface area contributed by atoms with Gasteiger partial charge in [0.05, 0.1) is 16.2 Å². The quantitative estimate of drug-likeness (QED) is 0.588. The van der Waals surface area contributed by atoms with Gasteiger partial charge in [0.15, 0.2) is 5.16 Å². The number of fused-ring (bicyclic) bond motifs is 1. The number of benzene rings is 1. The van der Waals surface area contributed by atoms with E-state index in [0.717, 1.165) is 32.4 Å². The molecule has 1 saturated heterocycles. The van der Waals surface area contributed by atoms with Crippen LogP contribution in [0.1, 0.15) is 33.1 Å². The fourth-order valence-electron chi connectivity index (χ4n) is 3.09. The van der Waals surface area contributed by atoms with E-state index in [1.54, 1.807) is 22.8 Å². The second-order valence-corrected chi connectivity index (χ2v) is 8.05. The molecular weight excluding hydrogens is 358 g/mol. The van der Waals surface area contributed by atoms with Crippen molar-refractivity contribution in [3.8, 4) is 0 Å². The zero-order chi connectivity index (χ0) is 18.0. The summed E-state index contributed by atoms with van der Waals surface area (Å²) in [5.41, 5.74) is 0.500. The van der Waals surface area contributed by atoms with E-state index in [1.165, 1.54) is 11.8 Å². The lowest BCUT2D eigenvalue weighted by molar-refractivity contribution is -0.129. The minimum absolute atomic E-state index is 0.0770. The Balaban J connectivity index is 1.97. The number of amides is 1. The molecule has 7 heteroatoms. The number of carbonyl (C=O) groups is 1. The molecule has 0 radical (unpaired) electrons. The maximum Gasteiger partial charge on any atom is 0.262 e. The first-order chi connectivity index (χ1) is 12.0. The van der Waals surface area contributed by atoms with Gasteiger partial charge >= 0.3 is 0 Å². The molecule has 5 nitrogen and oxygen atoms in total. The summed E-state index contributed by atoms with van der Waals surface area (Å²) in [4.78, 5) is 32.0. The van der Waals surface area contributed by atoms with Gasteiger partial charge in [-0.3, -0.25) is 14.2 Å². The lowest BCUT2D eigenvalue weighted by Crippen LogP contribution is -2.34. The lowest BCUT2D eigenvalue weighted by Gasteiger charge is -2.21. The van der Waals surface area contributed by atoms with Crippen LogP contribution >= 0.6 is 23.4 Å². The number of hydrogen-bond donors (Lipinski definition) is 0. The molecule has 25 heavy (non-hydrogen) atoms. The van der Waals surface area contributed by atoms with Crippen LogP contribution in [0.5, 0.6) is 0 Å². The molecule has 2 aromatic rings. The van der Waals surface area contributed by atoms with Crippen LogP contribution in [0.15, 0.2) is 28.2 Å². The van der Waals surface area contributed by atoms with Gasteiger partial charge in [-0.1, -0.05) is 30.3 Å². The maximum atomic E-state index is 12.8. The first-order valence-corrected chi connectivity index (χ1v) is 9.92. The second kappa shape index (κ2) is 7.79. The van der Waals surface area contributed by atoms with E-state index in [-0.39, 0.29) is 16.7 Å². The Morgan fingerprint density at radius 2 is 2.08 bits per heavy atom. The van der Waals surface area contributed by atoms with Crippen molar-refractivity contribution in [1.82, 2.24) is 14.5 Å². The highest BCUT2D eigenvalue weighted by Gasteiger charge is 2.25. The predicted octanol–water partition coefficient (Wildman–Crippen LogP) is 3.56. The van der Waals surface area contributed by atoms with Gasteiger partial charge in [0.25, 0.3) is 5.56 Å². The topological polar surface area (TPSA) is 55.2 Å². The van der Waals surface area contributed by atoms with Crippen LogP contribution in [-0.4, -0.2) is 38.7 Å². The normalized spacial score (nSPS) is 15.7. The Labute approximate surface area is 156 Å². The zero-order valence-corrected chi connectivity index (χ0v) is 16.1. The molecule has 0 saturated carbocycles. The van der Waals surface area contributed by atoms with Crippen molar-refractivity contribution in [3.63, 3.8) is 0 Å². The van der Waals surface area contributed by atoms with Gasteiger partial charge in [-0.25, -0.2) is 4.98 Å². The van der Waals surface area contributed by atoms with Gasteiger partial charge in [-0.2, -0.15) is 0 Å². The van der Waals surface area contributed by atoms with E-state index in [4.69, 9.17) is 11.6 Å². The number of hydrogen-bond acceptors (Lipinski definition) is 4. The van der Waals surface area contributed by atoms with Gasteiger partial charge in [0.2, 0.25) is 5.91 Å². The van der Waals surface area contributed by atoms with Crippen LogP contribution in [0, 0.1) is 0 Å². The average Bonchev–Trinajstić information content (AvgIpc) is 3.11. The molecule has 0 bridgehead atoms. The third kappa shape index (κ3) is 3.85. The zero-order valence-electron chi connectivity index (χ0n) is 14.5. The van der Waals surface area contributed by atoms with Crippen LogP contribution in [0.3, 0.4) is 0 Å². The summed E-state index contributed by atoms with van der Waals surface area (Å²) in [5, 5.41) is 1.41. The van der Waals surface area contributed by atoms with Gasteiger partial charge in [-0.15, -0.1) is 0 Å². The van der Waals surface area contributed by atoms with E-state index in [1.807, 2.05) is 18.7 Å². The highest BCUT2D eigenvalue weighted by molar-refractivity contribution is 8.00. The molecule has 1 aromatic carbocycles. The number of rotatable bonds is 5. The van der Waals surface area contributed by atoms with Crippen molar-refractivity contribution < 1.29 is 4.79 Å². The van der Waals surface area contributed by atoms with Crippen molar-refractivity contribution in [2.24, 2.45) is 0 Å². The van der Waals surface area contributed by atoms with Gasteiger partial charge < -0.3 is 4.90 Å². The molecule has 2 heterocycles. The van der Waals surface area contributed by atoms with Crippen molar-refractivity contribution in [2.75, 3.05) is 13.1 Å². The average molecular weight is 380 g/mol. The summed E-state index contributed by atoms with van der Waals surface area (Å²) < 4.78 is 1.68. The Kier molecular flexibility index (Phi) is 5.69. The van der Waals surface area contributed by atoms with Crippen molar-refractivity contribution >= 4 is 40.2 Å². The first-order valence-electron chi connectivity index (χ1n) is 8.66. The number of halogens is 1. The number of nitrogens with zero attached hydrogens (tertiary/aromatic N) is 3. The molecule has 1 aliphatic heterocycles. The van der Waals surface area contributed by atoms with Crippen LogP contribution in [0.2, 0.25) is 5.02 Å². The van der Waals surface area contributed by atoms with Crippen LogP contribution in [0.4, 0.5) is 0 Å². The molecular formula is C18H22ClN3O2S.